The van der Waals surface area contributed by atoms with Gasteiger partial charge in [0, 0.05) is 45.0 Å². The van der Waals surface area contributed by atoms with Crippen molar-refractivity contribution in [1.29, 1.82) is 0 Å². The summed E-state index contributed by atoms with van der Waals surface area (Å²) in [5.41, 5.74) is 0.732. The van der Waals surface area contributed by atoms with E-state index in [0.29, 0.717) is 6.42 Å². The number of sulfonamides is 1. The lowest BCUT2D eigenvalue weighted by molar-refractivity contribution is -0.131. The fourth-order valence-electron chi connectivity index (χ4n) is 2.74. The van der Waals surface area contributed by atoms with Gasteiger partial charge in [-0.2, -0.15) is 4.31 Å². The zero-order valence-electron chi connectivity index (χ0n) is 14.3. The van der Waals surface area contributed by atoms with E-state index < -0.39 is 19.9 Å². The molecule has 0 bridgehead atoms. The lowest BCUT2D eigenvalue weighted by Gasteiger charge is -2.25. The summed E-state index contributed by atoms with van der Waals surface area (Å²) in [7, 11) is -4.99. The van der Waals surface area contributed by atoms with Crippen molar-refractivity contribution >= 4 is 25.8 Å². The van der Waals surface area contributed by atoms with Crippen LogP contribution in [0.1, 0.15) is 18.4 Å². The van der Waals surface area contributed by atoms with E-state index in [1.54, 1.807) is 31.6 Å². The zero-order chi connectivity index (χ0) is 18.7. The van der Waals surface area contributed by atoms with Gasteiger partial charge in [0.2, 0.25) is 15.9 Å². The predicted octanol–water partition coefficient (Wildman–Crippen LogP) is -0.121. The maximum atomic E-state index is 12.3. The third-order valence-corrected chi connectivity index (χ3v) is 7.28. The van der Waals surface area contributed by atoms with Crippen molar-refractivity contribution in [3.63, 3.8) is 0 Å². The maximum absolute atomic E-state index is 12.3. The van der Waals surface area contributed by atoms with Gasteiger partial charge in [-0.05, 0) is 18.1 Å². The Labute approximate surface area is 148 Å². The van der Waals surface area contributed by atoms with Gasteiger partial charge < -0.3 is 4.90 Å². The first-order valence-electron chi connectivity index (χ1n) is 7.88. The smallest absolute Gasteiger partial charge is 0.223 e. The summed E-state index contributed by atoms with van der Waals surface area (Å²) >= 11 is 0. The van der Waals surface area contributed by atoms with Crippen LogP contribution in [0.3, 0.4) is 0 Å². The molecule has 1 aliphatic heterocycles. The van der Waals surface area contributed by atoms with Crippen LogP contribution in [0, 0.1) is 0 Å². The Morgan fingerprint density at radius 2 is 2.12 bits per heavy atom. The minimum atomic E-state index is -3.48. The van der Waals surface area contributed by atoms with Crippen LogP contribution in [0.2, 0.25) is 0 Å². The van der Waals surface area contributed by atoms with Crippen molar-refractivity contribution in [3.8, 4) is 0 Å². The van der Waals surface area contributed by atoms with Crippen molar-refractivity contribution in [2.75, 3.05) is 31.4 Å². The third kappa shape index (κ3) is 5.75. The van der Waals surface area contributed by atoms with E-state index in [4.69, 9.17) is 0 Å². The first-order chi connectivity index (χ1) is 11.6. The van der Waals surface area contributed by atoms with Gasteiger partial charge in [-0.15, -0.1) is 0 Å². The van der Waals surface area contributed by atoms with Gasteiger partial charge in [-0.1, -0.05) is 6.07 Å². The number of hydrogen-bond acceptors (Lipinski definition) is 6. The average molecular weight is 389 g/mol. The van der Waals surface area contributed by atoms with Gasteiger partial charge in [0.25, 0.3) is 0 Å². The average Bonchev–Trinajstić information content (AvgIpc) is 2.90. The molecule has 0 spiro atoms. The lowest BCUT2D eigenvalue weighted by Crippen LogP contribution is -2.40. The number of carbonyl (C=O) groups is 1. The molecule has 1 aliphatic rings. The van der Waals surface area contributed by atoms with Gasteiger partial charge >= 0.3 is 0 Å². The number of aromatic nitrogens is 1. The number of pyridine rings is 1. The van der Waals surface area contributed by atoms with E-state index in [1.807, 2.05) is 0 Å². The molecule has 0 N–H and O–H groups in total. The second-order valence-corrected chi connectivity index (χ2v) is 10.5. The van der Waals surface area contributed by atoms with Crippen molar-refractivity contribution in [2.45, 2.75) is 25.4 Å². The first kappa shape index (κ1) is 19.8. The molecule has 0 saturated carbocycles. The minimum absolute atomic E-state index is 0.000377. The third-order valence-electron chi connectivity index (χ3n) is 4.28. The van der Waals surface area contributed by atoms with Crippen molar-refractivity contribution in [3.05, 3.63) is 30.1 Å². The van der Waals surface area contributed by atoms with Gasteiger partial charge in [0.15, 0.2) is 9.84 Å². The number of carbonyl (C=O) groups excluding carboxylic acids is 1. The normalized spacial score (nSPS) is 19.9. The van der Waals surface area contributed by atoms with Crippen molar-refractivity contribution in [1.82, 2.24) is 14.2 Å². The molecule has 140 valence electrons. The van der Waals surface area contributed by atoms with E-state index in [1.165, 1.54) is 9.21 Å². The topological polar surface area (TPSA) is 105 Å². The van der Waals surface area contributed by atoms with E-state index in [2.05, 4.69) is 4.98 Å². The molecule has 1 aromatic heterocycles. The Morgan fingerprint density at radius 3 is 2.64 bits per heavy atom. The highest BCUT2D eigenvalue weighted by Crippen LogP contribution is 2.17. The molecular weight excluding hydrogens is 366 g/mol. The summed E-state index contributed by atoms with van der Waals surface area (Å²) < 4.78 is 48.2. The molecular formula is C15H23N3O5S2. The summed E-state index contributed by atoms with van der Waals surface area (Å²) in [5.74, 6) is -0.200. The zero-order valence-corrected chi connectivity index (χ0v) is 16.0. The van der Waals surface area contributed by atoms with Gasteiger partial charge in [-0.3, -0.25) is 9.78 Å². The Morgan fingerprint density at radius 1 is 1.40 bits per heavy atom. The highest BCUT2D eigenvalue weighted by molar-refractivity contribution is 7.91. The molecule has 1 atom stereocenters. The molecule has 0 aliphatic carbocycles. The monoisotopic (exact) mass is 389 g/mol. The molecule has 10 heteroatoms. The second-order valence-electron chi connectivity index (χ2n) is 6.27. The van der Waals surface area contributed by atoms with E-state index in [-0.39, 0.29) is 43.0 Å². The minimum Gasteiger partial charge on any atom is -0.342 e. The summed E-state index contributed by atoms with van der Waals surface area (Å²) in [6.45, 7) is 0.178. The van der Waals surface area contributed by atoms with Crippen LogP contribution in [0.25, 0.3) is 0 Å². The molecule has 1 unspecified atom stereocenters. The quantitative estimate of drug-likeness (QED) is 0.644. The lowest BCUT2D eigenvalue weighted by atomic mass is 10.2. The summed E-state index contributed by atoms with van der Waals surface area (Å²) in [4.78, 5) is 17.7. The van der Waals surface area contributed by atoms with Crippen LogP contribution < -0.4 is 0 Å². The summed E-state index contributed by atoms with van der Waals surface area (Å²) in [6, 6.07) is 3.15. The van der Waals surface area contributed by atoms with Gasteiger partial charge in [0.05, 0.1) is 17.8 Å². The highest BCUT2D eigenvalue weighted by Gasteiger charge is 2.32. The number of nitrogens with zero attached hydrogens (tertiary/aromatic N) is 3. The van der Waals surface area contributed by atoms with Gasteiger partial charge in [-0.25, -0.2) is 16.8 Å². The van der Waals surface area contributed by atoms with Crippen LogP contribution in [0.15, 0.2) is 24.5 Å². The molecule has 1 fully saturated rings. The number of sulfone groups is 1. The molecule has 1 amide bonds. The Kier molecular flexibility index (Phi) is 6.17. The first-order valence-corrected chi connectivity index (χ1v) is 11.6. The Hall–Kier alpha value is -1.52. The SMILES string of the molecule is CN(C(=O)CCN(Cc1cccnc1)S(C)(=O)=O)C1CCS(=O)(=O)C1. The van der Waals surface area contributed by atoms with Crippen molar-refractivity contribution in [2.24, 2.45) is 0 Å². The Bertz CT molecular complexity index is 809. The highest BCUT2D eigenvalue weighted by atomic mass is 32.2. The summed E-state index contributed by atoms with van der Waals surface area (Å²) in [6.07, 6.45) is 4.70. The second kappa shape index (κ2) is 7.79. The van der Waals surface area contributed by atoms with Crippen molar-refractivity contribution < 1.29 is 21.6 Å². The van der Waals surface area contributed by atoms with Crippen LogP contribution in [-0.4, -0.2) is 74.3 Å². The molecule has 8 nitrogen and oxygen atoms in total. The standard InChI is InChI=1S/C15H23N3O5S2/c1-17(14-6-9-25(22,23)12-14)15(19)5-8-18(24(2,20)21)11-13-4-3-7-16-10-13/h3-4,7,10,14H,5-6,8-9,11-12H2,1-2H3. The largest absolute Gasteiger partial charge is 0.342 e. The van der Waals surface area contributed by atoms with Gasteiger partial charge in [0.1, 0.15) is 0 Å². The van der Waals surface area contributed by atoms with E-state index >= 15 is 0 Å². The molecule has 0 radical (unpaired) electrons. The molecule has 25 heavy (non-hydrogen) atoms. The molecule has 2 rings (SSSR count). The van der Waals surface area contributed by atoms with E-state index in [9.17, 15) is 21.6 Å². The molecule has 1 aromatic rings. The number of hydrogen-bond donors (Lipinski definition) is 0. The molecule has 1 saturated heterocycles. The summed E-state index contributed by atoms with van der Waals surface area (Å²) in [5, 5.41) is 0. The van der Waals surface area contributed by atoms with Crippen LogP contribution >= 0.6 is 0 Å². The number of amides is 1. The molecule has 2 heterocycles. The fourth-order valence-corrected chi connectivity index (χ4v) is 5.32. The van der Waals surface area contributed by atoms with Crippen LogP contribution in [0.4, 0.5) is 0 Å². The maximum Gasteiger partial charge on any atom is 0.223 e. The Balaban J connectivity index is 1.97. The van der Waals surface area contributed by atoms with E-state index in [0.717, 1.165) is 11.8 Å². The fraction of sp³-hybridized carbons (Fsp3) is 0.600. The predicted molar refractivity (Wildman–Crippen MR) is 93.9 cm³/mol. The van der Waals surface area contributed by atoms with Crippen LogP contribution in [0.5, 0.6) is 0 Å². The molecule has 0 aromatic carbocycles. The van der Waals surface area contributed by atoms with Crippen LogP contribution in [-0.2, 0) is 31.2 Å². The number of rotatable bonds is 7.